The molecule has 0 saturated heterocycles. The largest absolute Gasteiger partial charge is 0.416 e. The van der Waals surface area contributed by atoms with Crippen molar-refractivity contribution in [2.45, 2.75) is 24.0 Å². The van der Waals surface area contributed by atoms with Crippen molar-refractivity contribution in [3.05, 3.63) is 63.2 Å². The van der Waals surface area contributed by atoms with Gasteiger partial charge >= 0.3 is 6.18 Å². The Hall–Kier alpha value is -2.37. The van der Waals surface area contributed by atoms with Crippen LogP contribution in [0.25, 0.3) is 0 Å². The summed E-state index contributed by atoms with van der Waals surface area (Å²) in [7, 11) is -4.92. The molecule has 0 saturated carbocycles. The number of rotatable bonds is 6. The number of anilines is 1. The first-order valence-corrected chi connectivity index (χ1v) is 9.82. The Morgan fingerprint density at radius 2 is 1.79 bits per heavy atom. The lowest BCUT2D eigenvalue weighted by Crippen LogP contribution is -2.42. The van der Waals surface area contributed by atoms with Gasteiger partial charge in [-0.25, -0.2) is 8.42 Å². The summed E-state index contributed by atoms with van der Waals surface area (Å²) >= 11 is 11.3. The van der Waals surface area contributed by atoms with Crippen molar-refractivity contribution in [3.63, 3.8) is 0 Å². The first-order chi connectivity index (χ1) is 13.3. The maximum atomic E-state index is 13.2. The van der Waals surface area contributed by atoms with E-state index in [1.165, 1.54) is 12.1 Å². The summed E-state index contributed by atoms with van der Waals surface area (Å²) in [5, 5.41) is 9.56. The second-order valence-corrected chi connectivity index (χ2v) is 8.23. The van der Waals surface area contributed by atoms with Crippen LogP contribution < -0.4 is 4.31 Å². The van der Waals surface area contributed by atoms with Gasteiger partial charge in [-0.05, 0) is 42.8 Å². The molecule has 1 unspecified atom stereocenters. The van der Waals surface area contributed by atoms with Crippen molar-refractivity contribution >= 4 is 49.8 Å². The fraction of sp³-hybridized carbons (Fsp3) is 0.188. The van der Waals surface area contributed by atoms with Crippen molar-refractivity contribution in [2.24, 2.45) is 0 Å². The summed E-state index contributed by atoms with van der Waals surface area (Å²) in [5.41, 5.74) is -2.79. The molecule has 0 aliphatic heterocycles. The highest BCUT2D eigenvalue weighted by Gasteiger charge is 2.39. The van der Waals surface area contributed by atoms with Crippen LogP contribution in [0.3, 0.4) is 0 Å². The zero-order valence-corrected chi connectivity index (χ0v) is 16.7. The summed E-state index contributed by atoms with van der Waals surface area (Å²) < 4.78 is 66.0. The van der Waals surface area contributed by atoms with Crippen LogP contribution in [0.2, 0.25) is 5.02 Å². The average molecular weight is 471 g/mol. The number of nitrogens with zero attached hydrogens (tertiary/aromatic N) is 2. The minimum atomic E-state index is -4.92. The zero-order chi connectivity index (χ0) is 22.1. The molecule has 0 spiro atoms. The molecule has 0 N–H and O–H groups in total. The first-order valence-electron chi connectivity index (χ1n) is 7.62. The molecule has 2 aromatic rings. The van der Waals surface area contributed by atoms with E-state index in [1.807, 2.05) is 0 Å². The van der Waals surface area contributed by atoms with E-state index in [4.69, 9.17) is 23.2 Å². The van der Waals surface area contributed by atoms with Gasteiger partial charge in [0.1, 0.15) is 6.04 Å². The van der Waals surface area contributed by atoms with Gasteiger partial charge in [-0.1, -0.05) is 23.7 Å². The number of carbonyl (C=O) groups is 1. The summed E-state index contributed by atoms with van der Waals surface area (Å²) in [6, 6.07) is 4.28. The lowest BCUT2D eigenvalue weighted by molar-refractivity contribution is -0.387. The lowest BCUT2D eigenvalue weighted by Gasteiger charge is -2.29. The molecule has 0 amide bonds. The van der Waals surface area contributed by atoms with E-state index >= 15 is 0 Å². The molecular formula is C16H11Cl2F3N2O5S. The molecule has 2 aromatic carbocycles. The highest BCUT2D eigenvalue weighted by Crippen LogP contribution is 2.39. The van der Waals surface area contributed by atoms with Gasteiger partial charge in [0.25, 0.3) is 15.7 Å². The third-order valence-electron chi connectivity index (χ3n) is 3.79. The van der Waals surface area contributed by atoms with Gasteiger partial charge in [0.05, 0.1) is 21.2 Å². The molecule has 156 valence electrons. The minimum absolute atomic E-state index is 0.238. The SMILES string of the molecule is CC(C(=O)Cl)N(c1cc(C(F)(F)F)ccc1Cl)S(=O)(=O)c1ccccc1[N+](=O)[O-]. The molecule has 7 nitrogen and oxygen atoms in total. The highest BCUT2D eigenvalue weighted by molar-refractivity contribution is 7.93. The van der Waals surface area contributed by atoms with E-state index in [0.29, 0.717) is 12.1 Å². The number of hydrogen-bond donors (Lipinski definition) is 0. The van der Waals surface area contributed by atoms with Crippen LogP contribution in [0.5, 0.6) is 0 Å². The average Bonchev–Trinajstić information content (AvgIpc) is 2.62. The predicted molar refractivity (Wildman–Crippen MR) is 99.5 cm³/mol. The van der Waals surface area contributed by atoms with Crippen LogP contribution in [0.1, 0.15) is 12.5 Å². The number of halogens is 5. The van der Waals surface area contributed by atoms with Gasteiger partial charge in [-0.2, -0.15) is 13.2 Å². The number of nitro benzene ring substituents is 1. The number of para-hydroxylation sites is 1. The molecule has 0 aliphatic carbocycles. The molecular weight excluding hydrogens is 460 g/mol. The Kier molecular flexibility index (Phi) is 6.45. The summed E-state index contributed by atoms with van der Waals surface area (Å²) in [6.07, 6.45) is -4.85. The molecule has 0 fully saturated rings. The van der Waals surface area contributed by atoms with E-state index in [9.17, 15) is 36.5 Å². The number of carbonyl (C=O) groups excluding carboxylic acids is 1. The first kappa shape index (κ1) is 22.9. The van der Waals surface area contributed by atoms with E-state index in [2.05, 4.69) is 0 Å². The monoisotopic (exact) mass is 470 g/mol. The minimum Gasteiger partial charge on any atom is -0.279 e. The molecule has 29 heavy (non-hydrogen) atoms. The van der Waals surface area contributed by atoms with Crippen LogP contribution in [-0.2, 0) is 21.0 Å². The third kappa shape index (κ3) is 4.62. The molecule has 0 bridgehead atoms. The second-order valence-electron chi connectivity index (χ2n) is 5.67. The van der Waals surface area contributed by atoms with E-state index < -0.39 is 59.3 Å². The predicted octanol–water partition coefficient (Wildman–Crippen LogP) is 4.62. The van der Waals surface area contributed by atoms with Gasteiger partial charge in [-0.15, -0.1) is 0 Å². The summed E-state index contributed by atoms with van der Waals surface area (Å²) in [4.78, 5) is 21.1. The zero-order valence-electron chi connectivity index (χ0n) is 14.4. The Labute approximate surface area is 172 Å². The molecule has 2 rings (SSSR count). The van der Waals surface area contributed by atoms with Gasteiger partial charge < -0.3 is 0 Å². The maximum Gasteiger partial charge on any atom is 0.416 e. The number of benzene rings is 2. The quantitative estimate of drug-likeness (QED) is 0.348. The van der Waals surface area contributed by atoms with Gasteiger partial charge in [0.15, 0.2) is 4.90 Å². The Bertz CT molecular complexity index is 1080. The Morgan fingerprint density at radius 3 is 2.31 bits per heavy atom. The summed E-state index contributed by atoms with van der Waals surface area (Å²) in [6.45, 7) is 1.01. The fourth-order valence-corrected chi connectivity index (χ4v) is 4.63. The van der Waals surface area contributed by atoms with E-state index in [-0.39, 0.29) is 4.31 Å². The second kappa shape index (κ2) is 8.17. The van der Waals surface area contributed by atoms with Crippen LogP contribution in [0.4, 0.5) is 24.5 Å². The van der Waals surface area contributed by atoms with Crippen molar-refractivity contribution in [1.29, 1.82) is 0 Å². The molecule has 0 aliphatic rings. The number of sulfonamides is 1. The lowest BCUT2D eigenvalue weighted by atomic mass is 10.2. The van der Waals surface area contributed by atoms with Crippen LogP contribution in [-0.4, -0.2) is 24.6 Å². The van der Waals surface area contributed by atoms with E-state index in [0.717, 1.165) is 25.1 Å². The van der Waals surface area contributed by atoms with Crippen LogP contribution >= 0.6 is 23.2 Å². The number of nitro groups is 1. The van der Waals surface area contributed by atoms with Crippen LogP contribution in [0, 0.1) is 10.1 Å². The van der Waals surface area contributed by atoms with Crippen molar-refractivity contribution in [2.75, 3.05) is 4.31 Å². The highest BCUT2D eigenvalue weighted by atomic mass is 35.5. The van der Waals surface area contributed by atoms with Crippen LogP contribution in [0.15, 0.2) is 47.4 Å². The maximum absolute atomic E-state index is 13.2. The number of hydrogen-bond acceptors (Lipinski definition) is 5. The summed E-state index contributed by atoms with van der Waals surface area (Å²) in [5.74, 6) is 0. The van der Waals surface area contributed by atoms with Gasteiger partial charge in [0.2, 0.25) is 5.24 Å². The number of alkyl halides is 3. The Morgan fingerprint density at radius 1 is 1.21 bits per heavy atom. The van der Waals surface area contributed by atoms with E-state index in [1.54, 1.807) is 0 Å². The molecule has 0 radical (unpaired) electrons. The molecule has 0 heterocycles. The topological polar surface area (TPSA) is 97.6 Å². The smallest absolute Gasteiger partial charge is 0.279 e. The van der Waals surface area contributed by atoms with Gasteiger partial charge in [-0.3, -0.25) is 19.2 Å². The van der Waals surface area contributed by atoms with Crippen molar-refractivity contribution in [1.82, 2.24) is 0 Å². The molecule has 1 atom stereocenters. The normalized spacial score (nSPS) is 13.0. The van der Waals surface area contributed by atoms with Crippen molar-refractivity contribution in [3.8, 4) is 0 Å². The van der Waals surface area contributed by atoms with Crippen molar-refractivity contribution < 1.29 is 31.3 Å². The molecule has 0 aromatic heterocycles. The third-order valence-corrected chi connectivity index (χ3v) is 6.36. The fourth-order valence-electron chi connectivity index (χ4n) is 2.43. The standard InChI is InChI=1S/C16H11Cl2F3N2O5S/c1-9(15(18)24)22(13-8-10(16(19,20)21)6-7-11(13)17)29(27,28)14-5-3-2-4-12(14)23(25)26/h2-9H,1H3. The Balaban J connectivity index is 2.84. The van der Waals surface area contributed by atoms with Gasteiger partial charge in [0, 0.05) is 6.07 Å². The molecule has 13 heteroatoms.